The van der Waals surface area contributed by atoms with Gasteiger partial charge in [-0.05, 0) is 37.1 Å². The van der Waals surface area contributed by atoms with Gasteiger partial charge in [0.05, 0.1) is 18.6 Å². The van der Waals surface area contributed by atoms with Crippen molar-refractivity contribution in [3.05, 3.63) is 64.9 Å². The van der Waals surface area contributed by atoms with Gasteiger partial charge >= 0.3 is 11.9 Å². The normalized spacial score (nSPS) is 10.6. The van der Waals surface area contributed by atoms with Gasteiger partial charge < -0.3 is 13.9 Å². The summed E-state index contributed by atoms with van der Waals surface area (Å²) in [6.07, 6.45) is 0.000531. The number of anilines is 1. The average Bonchev–Trinajstić information content (AvgIpc) is 3.08. The van der Waals surface area contributed by atoms with E-state index in [1.807, 2.05) is 42.5 Å². The summed E-state index contributed by atoms with van der Waals surface area (Å²) in [7, 11) is 0. The molecular formula is C24H23NO7. The molecule has 0 aliphatic heterocycles. The minimum Gasteiger partial charge on any atom is -0.462 e. The monoisotopic (exact) mass is 437 g/mol. The topological polar surface area (TPSA) is 112 Å². The van der Waals surface area contributed by atoms with Crippen LogP contribution in [-0.2, 0) is 25.5 Å². The first kappa shape index (κ1) is 22.7. The Morgan fingerprint density at radius 3 is 2.38 bits per heavy atom. The summed E-state index contributed by atoms with van der Waals surface area (Å²) >= 11 is 0. The van der Waals surface area contributed by atoms with Gasteiger partial charge in [-0.1, -0.05) is 42.5 Å². The standard InChI is InChI=1S/C24H23NO7/c1-4-30-24(29)22-21(14(2)26)15(3)32-23(22)25-19(27)13-31-20(28)12-16-9-10-17-7-5-6-8-18(17)11-16/h5-11H,4,12-13H2,1-3H3,(H,25,27). The molecule has 1 N–H and O–H groups in total. The second-order valence-electron chi connectivity index (χ2n) is 7.08. The lowest BCUT2D eigenvalue weighted by molar-refractivity contribution is -0.146. The summed E-state index contributed by atoms with van der Waals surface area (Å²) in [5.74, 6) is -2.55. The van der Waals surface area contributed by atoms with Crippen molar-refractivity contribution >= 4 is 40.3 Å². The maximum atomic E-state index is 12.3. The molecule has 166 valence electrons. The number of carbonyl (C=O) groups is 4. The number of benzene rings is 2. The molecule has 0 radical (unpaired) electrons. The van der Waals surface area contributed by atoms with Gasteiger partial charge in [-0.2, -0.15) is 0 Å². The Hall–Kier alpha value is -3.94. The van der Waals surface area contributed by atoms with E-state index in [2.05, 4.69) is 5.32 Å². The molecule has 0 atom stereocenters. The number of ether oxygens (including phenoxy) is 2. The molecule has 0 aliphatic carbocycles. The Kier molecular flexibility index (Phi) is 7.04. The molecule has 3 rings (SSSR count). The van der Waals surface area contributed by atoms with Crippen molar-refractivity contribution in [3.63, 3.8) is 0 Å². The largest absolute Gasteiger partial charge is 0.462 e. The second-order valence-corrected chi connectivity index (χ2v) is 7.08. The lowest BCUT2D eigenvalue weighted by atomic mass is 10.1. The van der Waals surface area contributed by atoms with E-state index in [1.54, 1.807) is 6.92 Å². The van der Waals surface area contributed by atoms with Gasteiger partial charge in [-0.3, -0.25) is 19.7 Å². The zero-order chi connectivity index (χ0) is 23.3. The van der Waals surface area contributed by atoms with E-state index in [0.29, 0.717) is 0 Å². The molecule has 1 amide bonds. The summed E-state index contributed by atoms with van der Waals surface area (Å²) in [5.41, 5.74) is 0.631. The molecule has 32 heavy (non-hydrogen) atoms. The van der Waals surface area contributed by atoms with Crippen LogP contribution in [0.4, 0.5) is 5.88 Å². The predicted octanol–water partition coefficient (Wildman–Crippen LogP) is 3.84. The van der Waals surface area contributed by atoms with Gasteiger partial charge in [-0.25, -0.2) is 4.79 Å². The average molecular weight is 437 g/mol. The fourth-order valence-corrected chi connectivity index (χ4v) is 3.33. The number of esters is 2. The number of hydrogen-bond acceptors (Lipinski definition) is 7. The fraction of sp³-hybridized carbons (Fsp3) is 0.250. The zero-order valence-corrected chi connectivity index (χ0v) is 18.0. The van der Waals surface area contributed by atoms with E-state index < -0.39 is 30.2 Å². The van der Waals surface area contributed by atoms with Crippen LogP contribution in [0.15, 0.2) is 46.9 Å². The number of hydrogen-bond donors (Lipinski definition) is 1. The summed E-state index contributed by atoms with van der Waals surface area (Å²) in [6.45, 7) is 3.90. The third-order valence-corrected chi connectivity index (χ3v) is 4.70. The Morgan fingerprint density at radius 2 is 1.69 bits per heavy atom. The van der Waals surface area contributed by atoms with Gasteiger partial charge in [0, 0.05) is 0 Å². The Bertz CT molecular complexity index is 1190. The lowest BCUT2D eigenvalue weighted by Gasteiger charge is -2.08. The minimum absolute atomic E-state index is 0.000531. The number of ketones is 1. The van der Waals surface area contributed by atoms with Crippen molar-refractivity contribution in [3.8, 4) is 0 Å². The van der Waals surface area contributed by atoms with Crippen LogP contribution in [0.5, 0.6) is 0 Å². The number of furan rings is 1. The van der Waals surface area contributed by atoms with Crippen molar-refractivity contribution in [1.82, 2.24) is 0 Å². The number of amides is 1. The summed E-state index contributed by atoms with van der Waals surface area (Å²) < 4.78 is 15.4. The van der Waals surface area contributed by atoms with Crippen molar-refractivity contribution in [2.24, 2.45) is 0 Å². The predicted molar refractivity (Wildman–Crippen MR) is 117 cm³/mol. The summed E-state index contributed by atoms with van der Waals surface area (Å²) in [5, 5.41) is 4.43. The third kappa shape index (κ3) is 5.21. The first-order valence-electron chi connectivity index (χ1n) is 10.0. The highest BCUT2D eigenvalue weighted by Crippen LogP contribution is 2.28. The zero-order valence-electron chi connectivity index (χ0n) is 18.0. The number of Topliss-reactive ketones (excluding diaryl/α,β-unsaturated/α-hetero) is 1. The van der Waals surface area contributed by atoms with Crippen molar-refractivity contribution in [2.45, 2.75) is 27.2 Å². The summed E-state index contributed by atoms with van der Waals surface area (Å²) in [4.78, 5) is 48.6. The van der Waals surface area contributed by atoms with Gasteiger partial charge in [0.25, 0.3) is 5.91 Å². The fourth-order valence-electron chi connectivity index (χ4n) is 3.33. The number of aryl methyl sites for hydroxylation is 1. The molecular weight excluding hydrogens is 414 g/mol. The number of nitrogens with one attached hydrogen (secondary N) is 1. The highest BCUT2D eigenvalue weighted by atomic mass is 16.5. The van der Waals surface area contributed by atoms with E-state index >= 15 is 0 Å². The lowest BCUT2D eigenvalue weighted by Crippen LogP contribution is -2.23. The van der Waals surface area contributed by atoms with Crippen LogP contribution in [0, 0.1) is 6.92 Å². The van der Waals surface area contributed by atoms with E-state index in [0.717, 1.165) is 16.3 Å². The van der Waals surface area contributed by atoms with Crippen LogP contribution in [0.25, 0.3) is 10.8 Å². The highest BCUT2D eigenvalue weighted by Gasteiger charge is 2.28. The van der Waals surface area contributed by atoms with Crippen LogP contribution < -0.4 is 5.32 Å². The highest BCUT2D eigenvalue weighted by molar-refractivity contribution is 6.10. The molecule has 2 aromatic carbocycles. The van der Waals surface area contributed by atoms with Gasteiger partial charge in [-0.15, -0.1) is 0 Å². The Balaban J connectivity index is 1.64. The molecule has 1 aromatic heterocycles. The van der Waals surface area contributed by atoms with Crippen LogP contribution in [0.2, 0.25) is 0 Å². The molecule has 0 aliphatic rings. The first-order chi connectivity index (χ1) is 15.3. The summed E-state index contributed by atoms with van der Waals surface area (Å²) in [6, 6.07) is 13.4. The minimum atomic E-state index is -0.793. The third-order valence-electron chi connectivity index (χ3n) is 4.70. The molecule has 3 aromatic rings. The van der Waals surface area contributed by atoms with Crippen molar-refractivity contribution in [2.75, 3.05) is 18.5 Å². The van der Waals surface area contributed by atoms with Crippen molar-refractivity contribution < 1.29 is 33.1 Å². The molecule has 8 nitrogen and oxygen atoms in total. The van der Waals surface area contributed by atoms with E-state index in [9.17, 15) is 19.2 Å². The van der Waals surface area contributed by atoms with Gasteiger partial charge in [0.2, 0.25) is 5.88 Å². The maximum absolute atomic E-state index is 12.3. The second kappa shape index (κ2) is 9.91. The molecule has 0 saturated carbocycles. The van der Waals surface area contributed by atoms with Gasteiger partial charge in [0.1, 0.15) is 11.3 Å². The smallest absolute Gasteiger partial charge is 0.344 e. The number of rotatable bonds is 8. The molecule has 0 saturated heterocycles. The Morgan fingerprint density at radius 1 is 0.969 bits per heavy atom. The van der Waals surface area contributed by atoms with Crippen LogP contribution >= 0.6 is 0 Å². The molecule has 8 heteroatoms. The van der Waals surface area contributed by atoms with Crippen LogP contribution in [-0.4, -0.2) is 36.8 Å². The Labute approximate surface area is 184 Å². The van der Waals surface area contributed by atoms with E-state index in [-0.39, 0.29) is 35.8 Å². The van der Waals surface area contributed by atoms with Crippen molar-refractivity contribution in [1.29, 1.82) is 0 Å². The molecule has 0 fully saturated rings. The maximum Gasteiger partial charge on any atom is 0.344 e. The molecule has 0 spiro atoms. The van der Waals surface area contributed by atoms with Crippen LogP contribution in [0.1, 0.15) is 45.9 Å². The van der Waals surface area contributed by atoms with E-state index in [1.165, 1.54) is 13.8 Å². The number of fused-ring (bicyclic) bond motifs is 1. The SMILES string of the molecule is CCOC(=O)c1c(NC(=O)COC(=O)Cc2ccc3ccccc3c2)oc(C)c1C(C)=O. The quantitative estimate of drug-likeness (QED) is 0.421. The molecule has 0 bridgehead atoms. The van der Waals surface area contributed by atoms with Crippen LogP contribution in [0.3, 0.4) is 0 Å². The molecule has 1 heterocycles. The first-order valence-corrected chi connectivity index (χ1v) is 10.0. The van der Waals surface area contributed by atoms with Gasteiger partial charge in [0.15, 0.2) is 12.4 Å². The molecule has 0 unspecified atom stereocenters. The number of carbonyl (C=O) groups excluding carboxylic acids is 4. The van der Waals surface area contributed by atoms with E-state index in [4.69, 9.17) is 13.9 Å².